The van der Waals surface area contributed by atoms with Crippen molar-refractivity contribution < 1.29 is 22.7 Å². The zero-order valence-corrected chi connectivity index (χ0v) is 13.7. The molecule has 0 aliphatic carbocycles. The van der Waals surface area contributed by atoms with E-state index in [2.05, 4.69) is 0 Å². The summed E-state index contributed by atoms with van der Waals surface area (Å²) < 4.78 is 40.7. The molecule has 0 spiro atoms. The number of carboxylic acids is 1. The summed E-state index contributed by atoms with van der Waals surface area (Å²) in [6.45, 7) is 5.50. The third kappa shape index (κ3) is 3.01. The van der Waals surface area contributed by atoms with Crippen molar-refractivity contribution in [2.24, 2.45) is 11.3 Å². The van der Waals surface area contributed by atoms with Gasteiger partial charge in [0.2, 0.25) is 10.0 Å². The van der Waals surface area contributed by atoms with Gasteiger partial charge >= 0.3 is 5.97 Å². The number of hydrogen-bond donors (Lipinski definition) is 1. The van der Waals surface area contributed by atoms with Crippen LogP contribution in [0.2, 0.25) is 0 Å². The Bertz CT molecular complexity index is 679. The van der Waals surface area contributed by atoms with E-state index in [0.29, 0.717) is 5.56 Å². The molecular weight excluding hydrogens is 309 g/mol. The minimum atomic E-state index is -3.97. The van der Waals surface area contributed by atoms with Gasteiger partial charge in [-0.15, -0.1) is 0 Å². The van der Waals surface area contributed by atoms with Crippen LogP contribution in [0.15, 0.2) is 23.1 Å². The van der Waals surface area contributed by atoms with Gasteiger partial charge in [0.1, 0.15) is 10.7 Å². The Labute approximate surface area is 129 Å². The van der Waals surface area contributed by atoms with Gasteiger partial charge in [-0.25, -0.2) is 12.8 Å². The first-order chi connectivity index (χ1) is 10.1. The van der Waals surface area contributed by atoms with Crippen LogP contribution < -0.4 is 0 Å². The maximum absolute atomic E-state index is 14.0. The van der Waals surface area contributed by atoms with E-state index in [4.69, 9.17) is 5.11 Å². The van der Waals surface area contributed by atoms with Crippen molar-refractivity contribution in [3.05, 3.63) is 29.6 Å². The van der Waals surface area contributed by atoms with Gasteiger partial charge < -0.3 is 5.11 Å². The van der Waals surface area contributed by atoms with Crippen LogP contribution in [-0.4, -0.2) is 36.9 Å². The van der Waals surface area contributed by atoms with Gasteiger partial charge in [-0.05, 0) is 29.9 Å². The number of aryl methyl sites for hydroxylation is 1. The fourth-order valence-electron chi connectivity index (χ4n) is 2.95. The highest BCUT2D eigenvalue weighted by atomic mass is 32.2. The number of aliphatic carboxylic acids is 1. The molecule has 0 aromatic heterocycles. The molecule has 1 aromatic carbocycles. The highest BCUT2D eigenvalue weighted by Crippen LogP contribution is 2.40. The molecule has 0 amide bonds. The van der Waals surface area contributed by atoms with Crippen LogP contribution in [-0.2, 0) is 14.8 Å². The minimum absolute atomic E-state index is 0.0927. The molecular formula is C15H20FNO4S. The van der Waals surface area contributed by atoms with Gasteiger partial charge in [0.25, 0.3) is 0 Å². The number of carboxylic acid groups (broad SMARTS) is 1. The van der Waals surface area contributed by atoms with Crippen molar-refractivity contribution in [1.29, 1.82) is 0 Å². The first-order valence-corrected chi connectivity index (χ1v) is 8.47. The topological polar surface area (TPSA) is 74.7 Å². The molecule has 1 aromatic rings. The average molecular weight is 329 g/mol. The molecule has 22 heavy (non-hydrogen) atoms. The molecule has 1 atom stereocenters. The number of sulfonamides is 1. The Balaban J connectivity index is 2.38. The van der Waals surface area contributed by atoms with Gasteiger partial charge in [-0.3, -0.25) is 4.79 Å². The van der Waals surface area contributed by atoms with Crippen LogP contribution in [0.3, 0.4) is 0 Å². The molecule has 0 bridgehead atoms. The molecule has 122 valence electrons. The standard InChI is InChI=1S/C15H20FNO4S/c1-10-5-4-6-12(16)14(10)22(20,21)17-8-11(7-13(18)19)15(2,3)9-17/h4-6,11H,7-9H2,1-3H3,(H,18,19). The molecule has 0 saturated carbocycles. The van der Waals surface area contributed by atoms with Crippen LogP contribution in [0, 0.1) is 24.1 Å². The molecule has 0 radical (unpaired) electrons. The SMILES string of the molecule is Cc1cccc(F)c1S(=O)(=O)N1CC(CC(=O)O)C(C)(C)C1. The minimum Gasteiger partial charge on any atom is -0.481 e. The monoisotopic (exact) mass is 329 g/mol. The summed E-state index contributed by atoms with van der Waals surface area (Å²) in [7, 11) is -3.97. The van der Waals surface area contributed by atoms with Crippen molar-refractivity contribution in [3.8, 4) is 0 Å². The Morgan fingerprint density at radius 2 is 2.09 bits per heavy atom. The second-order valence-corrected chi connectivity index (χ2v) is 8.34. The third-order valence-electron chi connectivity index (χ3n) is 4.30. The molecule has 1 fully saturated rings. The molecule has 2 rings (SSSR count). The van der Waals surface area contributed by atoms with Crippen LogP contribution in [0.5, 0.6) is 0 Å². The molecule has 1 unspecified atom stereocenters. The molecule has 1 N–H and O–H groups in total. The van der Waals surface area contributed by atoms with Crippen molar-refractivity contribution in [3.63, 3.8) is 0 Å². The van der Waals surface area contributed by atoms with E-state index in [0.717, 1.165) is 6.07 Å². The normalized spacial score (nSPS) is 21.9. The van der Waals surface area contributed by atoms with Crippen molar-refractivity contribution in [1.82, 2.24) is 4.31 Å². The van der Waals surface area contributed by atoms with Gasteiger partial charge in [-0.2, -0.15) is 4.31 Å². The van der Waals surface area contributed by atoms with E-state index >= 15 is 0 Å². The predicted molar refractivity (Wildman–Crippen MR) is 79.4 cm³/mol. The lowest BCUT2D eigenvalue weighted by Crippen LogP contribution is -2.31. The smallest absolute Gasteiger partial charge is 0.303 e. The molecule has 1 aliphatic rings. The third-order valence-corrected chi connectivity index (χ3v) is 6.29. The van der Waals surface area contributed by atoms with Crippen LogP contribution in [0.1, 0.15) is 25.8 Å². The number of benzene rings is 1. The Hall–Kier alpha value is -1.47. The van der Waals surface area contributed by atoms with E-state index in [9.17, 15) is 17.6 Å². The summed E-state index contributed by atoms with van der Waals surface area (Å²) in [4.78, 5) is 10.6. The van der Waals surface area contributed by atoms with Crippen LogP contribution >= 0.6 is 0 Å². The quantitative estimate of drug-likeness (QED) is 0.919. The summed E-state index contributed by atoms with van der Waals surface area (Å²) in [5, 5.41) is 8.97. The maximum Gasteiger partial charge on any atom is 0.303 e. The predicted octanol–water partition coefficient (Wildman–Crippen LogP) is 2.26. The fourth-order valence-corrected chi connectivity index (χ4v) is 4.87. The van der Waals surface area contributed by atoms with Gasteiger partial charge in [0, 0.05) is 19.5 Å². The first-order valence-electron chi connectivity index (χ1n) is 7.03. The number of hydrogen-bond acceptors (Lipinski definition) is 3. The maximum atomic E-state index is 14.0. The van der Waals surface area contributed by atoms with Crippen molar-refractivity contribution in [2.45, 2.75) is 32.1 Å². The van der Waals surface area contributed by atoms with Gasteiger partial charge in [0.15, 0.2) is 0 Å². The van der Waals surface area contributed by atoms with Gasteiger partial charge in [0.05, 0.1) is 0 Å². The van der Waals surface area contributed by atoms with E-state index in [1.807, 2.05) is 13.8 Å². The largest absolute Gasteiger partial charge is 0.481 e. The second kappa shape index (κ2) is 5.62. The second-order valence-electron chi connectivity index (χ2n) is 6.47. The number of carbonyl (C=O) groups is 1. The molecule has 1 heterocycles. The molecule has 1 saturated heterocycles. The highest BCUT2D eigenvalue weighted by Gasteiger charge is 2.45. The van der Waals surface area contributed by atoms with Crippen LogP contribution in [0.4, 0.5) is 4.39 Å². The fraction of sp³-hybridized carbons (Fsp3) is 0.533. The van der Waals surface area contributed by atoms with E-state index in [-0.39, 0.29) is 30.3 Å². The van der Waals surface area contributed by atoms with Gasteiger partial charge in [-0.1, -0.05) is 26.0 Å². The molecule has 1 aliphatic heterocycles. The first kappa shape index (κ1) is 16.9. The Morgan fingerprint density at radius 3 is 2.64 bits per heavy atom. The lowest BCUT2D eigenvalue weighted by molar-refractivity contribution is -0.138. The van der Waals surface area contributed by atoms with E-state index in [1.165, 1.54) is 10.4 Å². The highest BCUT2D eigenvalue weighted by molar-refractivity contribution is 7.89. The summed E-state index contributed by atoms with van der Waals surface area (Å²) >= 11 is 0. The summed E-state index contributed by atoms with van der Waals surface area (Å²) in [5.74, 6) is -2.04. The number of halogens is 1. The number of rotatable bonds is 4. The number of nitrogens with zero attached hydrogens (tertiary/aromatic N) is 1. The van der Waals surface area contributed by atoms with E-state index in [1.54, 1.807) is 13.0 Å². The van der Waals surface area contributed by atoms with Crippen molar-refractivity contribution >= 4 is 16.0 Å². The zero-order valence-electron chi connectivity index (χ0n) is 12.8. The molecule has 7 heteroatoms. The zero-order chi connectivity index (χ0) is 16.7. The summed E-state index contributed by atoms with van der Waals surface area (Å²) in [6.07, 6.45) is -0.102. The lowest BCUT2D eigenvalue weighted by Gasteiger charge is -2.24. The lowest BCUT2D eigenvalue weighted by atomic mass is 9.80. The summed E-state index contributed by atoms with van der Waals surface area (Å²) in [5.41, 5.74) is -0.121. The van der Waals surface area contributed by atoms with Crippen molar-refractivity contribution in [2.75, 3.05) is 13.1 Å². The Kier molecular flexibility index (Phi) is 4.32. The summed E-state index contributed by atoms with van der Waals surface area (Å²) in [6, 6.07) is 4.13. The van der Waals surface area contributed by atoms with E-state index < -0.39 is 27.2 Å². The Morgan fingerprint density at radius 1 is 1.45 bits per heavy atom. The average Bonchev–Trinajstić information content (AvgIpc) is 2.64. The van der Waals surface area contributed by atoms with Crippen LogP contribution in [0.25, 0.3) is 0 Å². The molecule has 5 nitrogen and oxygen atoms in total.